The minimum atomic E-state index is -1.59. The highest BCUT2D eigenvalue weighted by Crippen LogP contribution is 2.55. The second kappa shape index (κ2) is 6.16. The first kappa shape index (κ1) is 17.4. The van der Waals surface area contributed by atoms with Crippen molar-refractivity contribution in [3.63, 3.8) is 0 Å². The van der Waals surface area contributed by atoms with Crippen molar-refractivity contribution in [2.75, 3.05) is 19.5 Å². The Labute approximate surface area is 166 Å². The number of H-pyrrole nitrogens is 1. The van der Waals surface area contributed by atoms with E-state index in [1.54, 1.807) is 13.2 Å². The van der Waals surface area contributed by atoms with Crippen molar-refractivity contribution in [1.82, 2.24) is 10.2 Å². The van der Waals surface area contributed by atoms with Gasteiger partial charge >= 0.3 is 5.97 Å². The Hall–Kier alpha value is -3.68. The zero-order chi connectivity index (χ0) is 20.2. The maximum atomic E-state index is 12.6. The van der Waals surface area contributed by atoms with Gasteiger partial charge in [0, 0.05) is 17.5 Å². The van der Waals surface area contributed by atoms with E-state index in [0.29, 0.717) is 34.3 Å². The monoisotopic (exact) mass is 393 g/mol. The third-order valence-corrected chi connectivity index (χ3v) is 5.58. The van der Waals surface area contributed by atoms with E-state index in [4.69, 9.17) is 14.2 Å². The first-order valence-corrected chi connectivity index (χ1v) is 9.16. The van der Waals surface area contributed by atoms with Gasteiger partial charge in [0.15, 0.2) is 17.3 Å². The zero-order valence-corrected chi connectivity index (χ0v) is 15.9. The predicted octanol–water partition coefficient (Wildman–Crippen LogP) is 3.32. The quantitative estimate of drug-likeness (QED) is 0.624. The lowest BCUT2D eigenvalue weighted by Crippen LogP contribution is -2.50. The molecule has 0 saturated carbocycles. The lowest BCUT2D eigenvalue weighted by molar-refractivity contribution is -0.159. The van der Waals surface area contributed by atoms with Gasteiger partial charge < -0.3 is 24.6 Å². The fourth-order valence-electron chi connectivity index (χ4n) is 4.18. The van der Waals surface area contributed by atoms with Crippen LogP contribution in [0.3, 0.4) is 0 Å². The Morgan fingerprint density at radius 3 is 2.69 bits per heavy atom. The molecule has 0 radical (unpaired) electrons. The summed E-state index contributed by atoms with van der Waals surface area (Å²) in [6.07, 6.45) is 0.234. The summed E-state index contributed by atoms with van der Waals surface area (Å²) in [6, 6.07) is 12.6. The molecule has 148 valence electrons. The van der Waals surface area contributed by atoms with Crippen molar-refractivity contribution in [3.05, 3.63) is 53.6 Å². The molecule has 29 heavy (non-hydrogen) atoms. The van der Waals surface area contributed by atoms with Crippen LogP contribution in [-0.2, 0) is 10.4 Å². The maximum Gasteiger partial charge on any atom is 0.353 e. The van der Waals surface area contributed by atoms with Crippen LogP contribution in [0, 0.1) is 0 Å². The van der Waals surface area contributed by atoms with Gasteiger partial charge in [0.25, 0.3) is 0 Å². The number of hydrogen-bond donors (Lipinski definition) is 3. The number of fused-ring (bicyclic) bond motifs is 6. The van der Waals surface area contributed by atoms with E-state index in [9.17, 15) is 9.90 Å². The molecule has 3 aromatic rings. The van der Waals surface area contributed by atoms with E-state index in [1.807, 2.05) is 36.4 Å². The number of nitrogens with zero attached hydrogens (tertiary/aromatic N) is 1. The number of benzene rings is 2. The van der Waals surface area contributed by atoms with E-state index < -0.39 is 11.6 Å². The molecule has 2 aliphatic rings. The van der Waals surface area contributed by atoms with Crippen LogP contribution >= 0.6 is 0 Å². The van der Waals surface area contributed by atoms with Crippen molar-refractivity contribution in [2.24, 2.45) is 0 Å². The number of ether oxygens (including phenoxy) is 3. The van der Waals surface area contributed by atoms with Gasteiger partial charge in [0.05, 0.1) is 31.5 Å². The van der Waals surface area contributed by atoms with Crippen LogP contribution in [0.1, 0.15) is 23.6 Å². The number of aromatic nitrogens is 2. The van der Waals surface area contributed by atoms with Gasteiger partial charge in [0.2, 0.25) is 5.60 Å². The number of carboxylic acids is 1. The SMILES string of the molecule is COc1ccc(-c2[nH]nc3c2[C@@]2(C(=O)O)C[C@@H](N3)c3cccc(OC)c3O2)cc1. The number of rotatable bonds is 4. The molecule has 3 heterocycles. The largest absolute Gasteiger partial charge is 0.497 e. The lowest BCUT2D eigenvalue weighted by Gasteiger charge is -2.43. The molecule has 2 bridgehead atoms. The Morgan fingerprint density at radius 2 is 2.00 bits per heavy atom. The fraction of sp³-hybridized carbons (Fsp3) is 0.238. The minimum Gasteiger partial charge on any atom is -0.497 e. The third kappa shape index (κ3) is 2.38. The molecular formula is C21H19N3O5. The highest BCUT2D eigenvalue weighted by atomic mass is 16.6. The normalized spacial score (nSPS) is 21.2. The number of hydrogen-bond acceptors (Lipinski definition) is 6. The van der Waals surface area contributed by atoms with Crippen LogP contribution in [0.15, 0.2) is 42.5 Å². The smallest absolute Gasteiger partial charge is 0.353 e. The number of nitrogens with one attached hydrogen (secondary N) is 2. The number of aliphatic carboxylic acids is 1. The van der Waals surface area contributed by atoms with Gasteiger partial charge in [-0.1, -0.05) is 12.1 Å². The number of carbonyl (C=O) groups is 1. The molecule has 2 aliphatic heterocycles. The van der Waals surface area contributed by atoms with Crippen molar-refractivity contribution in [3.8, 4) is 28.5 Å². The molecule has 0 saturated heterocycles. The summed E-state index contributed by atoms with van der Waals surface area (Å²) in [4.78, 5) is 12.6. The van der Waals surface area contributed by atoms with E-state index in [2.05, 4.69) is 15.5 Å². The summed E-state index contributed by atoms with van der Waals surface area (Å²) < 4.78 is 16.9. The summed E-state index contributed by atoms with van der Waals surface area (Å²) in [6.45, 7) is 0. The molecule has 1 aromatic heterocycles. The van der Waals surface area contributed by atoms with Crippen LogP contribution in [0.2, 0.25) is 0 Å². The molecule has 0 amide bonds. The first-order chi connectivity index (χ1) is 14.1. The lowest BCUT2D eigenvalue weighted by atomic mass is 9.78. The average molecular weight is 393 g/mol. The predicted molar refractivity (Wildman–Crippen MR) is 104 cm³/mol. The topological polar surface area (TPSA) is 106 Å². The highest BCUT2D eigenvalue weighted by molar-refractivity contribution is 5.89. The van der Waals surface area contributed by atoms with Crippen LogP contribution in [-0.4, -0.2) is 35.5 Å². The number of anilines is 1. The van der Waals surface area contributed by atoms with Crippen LogP contribution in [0.25, 0.3) is 11.3 Å². The molecule has 8 nitrogen and oxygen atoms in total. The summed E-state index contributed by atoms with van der Waals surface area (Å²) in [5.74, 6) is 1.05. The second-order valence-corrected chi connectivity index (χ2v) is 7.06. The Balaban J connectivity index is 1.70. The van der Waals surface area contributed by atoms with E-state index >= 15 is 0 Å². The second-order valence-electron chi connectivity index (χ2n) is 7.06. The Kier molecular flexibility index (Phi) is 3.70. The van der Waals surface area contributed by atoms with E-state index in [-0.39, 0.29) is 12.5 Å². The van der Waals surface area contributed by atoms with Gasteiger partial charge in [-0.05, 0) is 30.3 Å². The number of methoxy groups -OCH3 is 2. The van der Waals surface area contributed by atoms with Gasteiger partial charge in [-0.15, -0.1) is 0 Å². The first-order valence-electron chi connectivity index (χ1n) is 9.16. The summed E-state index contributed by atoms with van der Waals surface area (Å²) in [5.41, 5.74) is 1.11. The van der Waals surface area contributed by atoms with Crippen molar-refractivity contribution >= 4 is 11.8 Å². The standard InChI is InChI=1S/C21H19N3O5/c1-27-12-8-6-11(7-9-12)17-16-19(24-23-17)22-14-10-21(16,20(25)26)29-18-13(14)4-3-5-15(18)28-2/h3-9,14H,10H2,1-2H3,(H,25,26)(H2,22,23,24)/t14-,21-/m1/s1. The number of carboxylic acid groups (broad SMARTS) is 1. The number of para-hydroxylation sites is 1. The Bertz CT molecular complexity index is 1110. The molecular weight excluding hydrogens is 374 g/mol. The summed E-state index contributed by atoms with van der Waals surface area (Å²) >= 11 is 0. The molecule has 2 aromatic carbocycles. The highest BCUT2D eigenvalue weighted by Gasteiger charge is 2.56. The fourth-order valence-corrected chi connectivity index (χ4v) is 4.18. The van der Waals surface area contributed by atoms with Gasteiger partial charge in [-0.25, -0.2) is 4.79 Å². The number of aromatic amines is 1. The van der Waals surface area contributed by atoms with Crippen LogP contribution in [0.5, 0.6) is 17.2 Å². The average Bonchev–Trinajstić information content (AvgIpc) is 3.18. The molecule has 3 N–H and O–H groups in total. The minimum absolute atomic E-state index is 0.234. The van der Waals surface area contributed by atoms with Gasteiger partial charge in [0.1, 0.15) is 5.75 Å². The molecule has 2 atom stereocenters. The van der Waals surface area contributed by atoms with E-state index in [0.717, 1.165) is 11.1 Å². The molecule has 5 rings (SSSR count). The van der Waals surface area contributed by atoms with Crippen molar-refractivity contribution in [2.45, 2.75) is 18.1 Å². The molecule has 0 unspecified atom stereocenters. The van der Waals surface area contributed by atoms with E-state index in [1.165, 1.54) is 7.11 Å². The molecule has 0 fully saturated rings. The van der Waals surface area contributed by atoms with Crippen molar-refractivity contribution in [1.29, 1.82) is 0 Å². The molecule has 0 spiro atoms. The molecule has 0 aliphatic carbocycles. The molecule has 8 heteroatoms. The summed E-state index contributed by atoms with van der Waals surface area (Å²) in [5, 5.41) is 21.0. The van der Waals surface area contributed by atoms with Crippen LogP contribution < -0.4 is 19.5 Å². The van der Waals surface area contributed by atoms with Crippen molar-refractivity contribution < 1.29 is 24.1 Å². The van der Waals surface area contributed by atoms with Gasteiger partial charge in [-0.3, -0.25) is 5.10 Å². The summed E-state index contributed by atoms with van der Waals surface area (Å²) in [7, 11) is 3.13. The van der Waals surface area contributed by atoms with Crippen LogP contribution in [0.4, 0.5) is 5.82 Å². The third-order valence-electron chi connectivity index (χ3n) is 5.58. The Morgan fingerprint density at radius 1 is 1.21 bits per heavy atom. The zero-order valence-electron chi connectivity index (χ0n) is 15.9. The van der Waals surface area contributed by atoms with Gasteiger partial charge in [-0.2, -0.15) is 5.10 Å². The maximum absolute atomic E-state index is 12.6.